The molecule has 13 heteroatoms. The molecular weight excluding hydrogens is 476 g/mol. The Kier molecular flexibility index (Phi) is 6.37. The molecule has 0 atom stereocenters. The largest absolute Gasteiger partial charge is 0.433 e. The molecule has 0 N–H and O–H groups in total. The van der Waals surface area contributed by atoms with E-state index in [1.54, 1.807) is 0 Å². The monoisotopic (exact) mass is 488 g/mol. The molecule has 3 aromatic rings. The number of halogens is 8. The summed E-state index contributed by atoms with van der Waals surface area (Å²) in [6.07, 6.45) is -9.67. The molecule has 1 aromatic carbocycles. The molecule has 0 unspecified atom stereocenters. The van der Waals surface area contributed by atoms with E-state index in [0.717, 1.165) is 35.4 Å². The minimum atomic E-state index is -5.33. The lowest BCUT2D eigenvalue weighted by Crippen LogP contribution is -2.32. The summed E-state index contributed by atoms with van der Waals surface area (Å²) in [6, 6.07) is 5.65. The fraction of sp³-hybridized carbons (Fsp3) is 0.190. The van der Waals surface area contributed by atoms with Gasteiger partial charge in [-0.3, -0.25) is 9.36 Å². The number of nitrogens with zero attached hydrogens (tertiary/aromatic N) is 4. The van der Waals surface area contributed by atoms with E-state index in [1.807, 2.05) is 0 Å². The summed E-state index contributed by atoms with van der Waals surface area (Å²) in [5.74, 6) is -4.52. The molecule has 0 aliphatic carbocycles. The average molecular weight is 488 g/mol. The maximum Gasteiger partial charge on any atom is 0.433 e. The van der Waals surface area contributed by atoms with Crippen molar-refractivity contribution in [3.63, 3.8) is 0 Å². The molecule has 0 aliphatic rings. The van der Waals surface area contributed by atoms with E-state index in [9.17, 15) is 45.2 Å². The van der Waals surface area contributed by atoms with Crippen molar-refractivity contribution < 1.29 is 39.9 Å². The van der Waals surface area contributed by atoms with Crippen LogP contribution >= 0.6 is 0 Å². The van der Waals surface area contributed by atoms with Gasteiger partial charge in [-0.25, -0.2) is 13.8 Å². The van der Waals surface area contributed by atoms with Crippen LogP contribution in [0.25, 0.3) is 5.82 Å². The highest BCUT2D eigenvalue weighted by Gasteiger charge is 2.41. The molecule has 0 spiro atoms. The first-order valence-electron chi connectivity index (χ1n) is 9.33. The van der Waals surface area contributed by atoms with E-state index in [-0.39, 0.29) is 18.3 Å². The Morgan fingerprint density at radius 2 is 1.74 bits per heavy atom. The smallest absolute Gasteiger partial charge is 0.307 e. The zero-order valence-electron chi connectivity index (χ0n) is 17.0. The van der Waals surface area contributed by atoms with Crippen molar-refractivity contribution in [3.05, 3.63) is 76.7 Å². The Bertz CT molecular complexity index is 1290. The summed E-state index contributed by atoms with van der Waals surface area (Å²) in [5.41, 5.74) is -5.63. The number of hydrogen-bond acceptors (Lipinski definition) is 3. The summed E-state index contributed by atoms with van der Waals surface area (Å²) >= 11 is 0. The van der Waals surface area contributed by atoms with Crippen molar-refractivity contribution in [1.82, 2.24) is 9.55 Å². The van der Waals surface area contributed by atoms with Crippen molar-refractivity contribution in [1.29, 1.82) is 5.26 Å². The van der Waals surface area contributed by atoms with Gasteiger partial charge in [-0.15, -0.1) is 0 Å². The second-order valence-electron chi connectivity index (χ2n) is 6.77. The zero-order chi connectivity index (χ0) is 25.4. The number of amides is 1. The number of alkyl halides is 6. The van der Waals surface area contributed by atoms with Crippen LogP contribution in [0.1, 0.15) is 34.2 Å². The van der Waals surface area contributed by atoms with Crippen LogP contribution < -0.4 is 4.90 Å². The molecule has 3 rings (SSSR count). The third-order valence-electron chi connectivity index (χ3n) is 4.68. The Labute approximate surface area is 186 Å². The van der Waals surface area contributed by atoms with Crippen molar-refractivity contribution in [2.24, 2.45) is 0 Å². The Morgan fingerprint density at radius 3 is 2.26 bits per heavy atom. The predicted molar refractivity (Wildman–Crippen MR) is 102 cm³/mol. The number of aromatic nitrogens is 2. The predicted octanol–water partition coefficient (Wildman–Crippen LogP) is 5.73. The summed E-state index contributed by atoms with van der Waals surface area (Å²) < 4.78 is 108. The van der Waals surface area contributed by atoms with Crippen LogP contribution in [0, 0.1) is 23.0 Å². The average Bonchev–Trinajstić information content (AvgIpc) is 3.24. The highest BCUT2D eigenvalue weighted by atomic mass is 19.4. The fourth-order valence-electron chi connectivity index (χ4n) is 3.16. The van der Waals surface area contributed by atoms with Gasteiger partial charge < -0.3 is 4.90 Å². The highest BCUT2D eigenvalue weighted by Crippen LogP contribution is 2.38. The molecule has 0 aliphatic heterocycles. The van der Waals surface area contributed by atoms with Crippen LogP contribution in [0.2, 0.25) is 0 Å². The molecule has 0 saturated heterocycles. The van der Waals surface area contributed by atoms with Gasteiger partial charge in [0.05, 0.1) is 5.56 Å². The lowest BCUT2D eigenvalue weighted by molar-refractivity contribution is -0.145. The second-order valence-corrected chi connectivity index (χ2v) is 6.77. The Balaban J connectivity index is 2.23. The number of benzene rings is 1. The van der Waals surface area contributed by atoms with Crippen molar-refractivity contribution >= 4 is 11.6 Å². The van der Waals surface area contributed by atoms with Gasteiger partial charge in [0.2, 0.25) is 0 Å². The SMILES string of the molecule is CCN(C(=O)c1cccn1-c1nc(C(F)(F)F)cc(C(F)(F)F)c1C#N)c1ccc(F)c(F)c1. The van der Waals surface area contributed by atoms with Gasteiger partial charge in [0.1, 0.15) is 23.0 Å². The number of carbonyl (C=O) groups is 1. The van der Waals surface area contributed by atoms with Gasteiger partial charge in [0.15, 0.2) is 17.5 Å². The maximum atomic E-state index is 13.7. The Morgan fingerprint density at radius 1 is 1.06 bits per heavy atom. The van der Waals surface area contributed by atoms with Crippen LogP contribution in [0.3, 0.4) is 0 Å². The van der Waals surface area contributed by atoms with Crippen LogP contribution in [-0.4, -0.2) is 22.0 Å². The number of carbonyl (C=O) groups excluding carboxylic acids is 1. The molecule has 2 aromatic heterocycles. The lowest BCUT2D eigenvalue weighted by atomic mass is 10.1. The molecule has 5 nitrogen and oxygen atoms in total. The minimum absolute atomic E-state index is 0.118. The Hall–Kier alpha value is -3.95. The van der Waals surface area contributed by atoms with E-state index in [1.165, 1.54) is 13.0 Å². The van der Waals surface area contributed by atoms with Gasteiger partial charge in [0.25, 0.3) is 5.91 Å². The first-order chi connectivity index (χ1) is 15.8. The topological polar surface area (TPSA) is 61.9 Å². The number of anilines is 1. The molecule has 1 amide bonds. The normalized spacial score (nSPS) is 11.9. The number of nitriles is 1. The number of pyridine rings is 1. The molecule has 0 fully saturated rings. The molecular formula is C21H12F8N4O. The molecule has 178 valence electrons. The zero-order valence-corrected chi connectivity index (χ0v) is 17.0. The lowest BCUT2D eigenvalue weighted by Gasteiger charge is -2.23. The summed E-state index contributed by atoms with van der Waals surface area (Å²) in [7, 11) is 0. The maximum absolute atomic E-state index is 13.7. The molecule has 0 radical (unpaired) electrons. The van der Waals surface area contributed by atoms with Crippen LogP contribution in [0.5, 0.6) is 0 Å². The fourth-order valence-corrected chi connectivity index (χ4v) is 3.16. The van der Waals surface area contributed by atoms with E-state index in [4.69, 9.17) is 0 Å². The van der Waals surface area contributed by atoms with Gasteiger partial charge in [-0.1, -0.05) is 0 Å². The van der Waals surface area contributed by atoms with Crippen LogP contribution in [-0.2, 0) is 12.4 Å². The first kappa shape index (κ1) is 24.7. The van der Waals surface area contributed by atoms with Gasteiger partial charge in [0, 0.05) is 24.5 Å². The first-order valence-corrected chi connectivity index (χ1v) is 9.33. The quantitative estimate of drug-likeness (QED) is 0.441. The summed E-state index contributed by atoms with van der Waals surface area (Å²) in [6.45, 7) is 1.33. The molecule has 2 heterocycles. The van der Waals surface area contributed by atoms with Gasteiger partial charge >= 0.3 is 12.4 Å². The molecule has 0 saturated carbocycles. The van der Waals surface area contributed by atoms with E-state index in [2.05, 4.69) is 4.98 Å². The third-order valence-corrected chi connectivity index (χ3v) is 4.68. The number of hydrogen-bond donors (Lipinski definition) is 0. The third kappa shape index (κ3) is 4.57. The van der Waals surface area contributed by atoms with Crippen molar-refractivity contribution in [3.8, 4) is 11.9 Å². The number of rotatable bonds is 4. The van der Waals surface area contributed by atoms with Gasteiger partial charge in [-0.2, -0.15) is 31.6 Å². The second kappa shape index (κ2) is 8.77. The summed E-state index contributed by atoms with van der Waals surface area (Å²) in [5, 5.41) is 9.32. The van der Waals surface area contributed by atoms with Gasteiger partial charge in [-0.05, 0) is 37.3 Å². The van der Waals surface area contributed by atoms with E-state index in [0.29, 0.717) is 10.6 Å². The van der Waals surface area contributed by atoms with Crippen molar-refractivity contribution in [2.45, 2.75) is 19.3 Å². The van der Waals surface area contributed by atoms with E-state index >= 15 is 0 Å². The van der Waals surface area contributed by atoms with Crippen LogP contribution in [0.15, 0.2) is 42.6 Å². The van der Waals surface area contributed by atoms with Crippen molar-refractivity contribution in [2.75, 3.05) is 11.4 Å². The minimum Gasteiger partial charge on any atom is -0.307 e. The standard InChI is InChI=1S/C21H12F8N4O/c1-2-32(11-5-6-14(22)15(23)8-11)19(34)16-4-3-7-33(16)18-12(10-30)13(20(24,25)26)9-17(31-18)21(27,28)29/h3-9H,2H2,1H3. The van der Waals surface area contributed by atoms with Crippen LogP contribution in [0.4, 0.5) is 40.8 Å². The molecule has 0 bridgehead atoms. The molecule has 34 heavy (non-hydrogen) atoms. The summed E-state index contributed by atoms with van der Waals surface area (Å²) in [4.78, 5) is 17.2. The highest BCUT2D eigenvalue weighted by molar-refractivity contribution is 6.05. The van der Waals surface area contributed by atoms with E-state index < -0.39 is 58.2 Å².